The summed E-state index contributed by atoms with van der Waals surface area (Å²) < 4.78 is 34.1. The topological polar surface area (TPSA) is 128 Å². The fourth-order valence-electron chi connectivity index (χ4n) is 5.68. The highest BCUT2D eigenvalue weighted by Crippen LogP contribution is 2.38. The van der Waals surface area contributed by atoms with Crippen LogP contribution in [-0.2, 0) is 9.53 Å². The Labute approximate surface area is 259 Å². The number of methoxy groups -OCH3 is 1. The summed E-state index contributed by atoms with van der Waals surface area (Å²) in [5.74, 6) is -3.24. The molecule has 3 aliphatic rings. The third kappa shape index (κ3) is 5.40. The SMILES string of the molecule is COC(=O)C1=C(CN2CCN3C(=O)N(c4ccc(C(=O)O)c(F)c4)C[C@@H]3C2)NC(c2nccs2)=N[C@H]1c1cccc(F)c1Cl. The molecule has 2 N–H and O–H groups in total. The number of hydrogen-bond acceptors (Lipinski definition) is 9. The van der Waals surface area contributed by atoms with E-state index in [1.54, 1.807) is 22.5 Å². The Hall–Kier alpha value is -4.40. The maximum absolute atomic E-state index is 14.5. The fourth-order valence-corrected chi connectivity index (χ4v) is 6.49. The number of aromatic carboxylic acids is 1. The van der Waals surface area contributed by atoms with Crippen molar-refractivity contribution in [2.24, 2.45) is 4.99 Å². The number of benzene rings is 2. The molecule has 4 heterocycles. The predicted molar refractivity (Wildman–Crippen MR) is 158 cm³/mol. The van der Waals surface area contributed by atoms with E-state index in [1.165, 1.54) is 41.5 Å². The molecule has 0 unspecified atom stereocenters. The maximum Gasteiger partial charge on any atom is 0.338 e. The maximum atomic E-state index is 14.5. The molecule has 2 atom stereocenters. The Morgan fingerprint density at radius 3 is 2.70 bits per heavy atom. The van der Waals surface area contributed by atoms with Crippen LogP contribution in [0, 0.1) is 11.6 Å². The number of nitrogens with zero attached hydrogens (tertiary/aromatic N) is 5. The number of aromatic nitrogens is 1. The molecule has 15 heteroatoms. The normalized spacial score (nSPS) is 20.4. The molecule has 0 bridgehead atoms. The molecule has 11 nitrogen and oxygen atoms in total. The van der Waals surface area contributed by atoms with Crippen LogP contribution in [0.4, 0.5) is 19.3 Å². The number of amides is 2. The van der Waals surface area contributed by atoms with Gasteiger partial charge < -0.3 is 20.1 Å². The lowest BCUT2D eigenvalue weighted by molar-refractivity contribution is -0.136. The van der Waals surface area contributed by atoms with Crippen LogP contribution in [0.5, 0.6) is 0 Å². The number of halogens is 3. The molecule has 2 amide bonds. The van der Waals surface area contributed by atoms with E-state index >= 15 is 0 Å². The number of fused-ring (bicyclic) bond motifs is 1. The van der Waals surface area contributed by atoms with Crippen LogP contribution in [-0.4, -0.2) is 89.6 Å². The summed E-state index contributed by atoms with van der Waals surface area (Å²) >= 11 is 7.71. The lowest BCUT2D eigenvalue weighted by Gasteiger charge is -2.38. The molecule has 0 spiro atoms. The van der Waals surface area contributed by atoms with Gasteiger partial charge in [0.15, 0.2) is 10.8 Å². The van der Waals surface area contributed by atoms with Gasteiger partial charge in [-0.05, 0) is 24.3 Å². The van der Waals surface area contributed by atoms with Gasteiger partial charge in [-0.1, -0.05) is 23.7 Å². The molecule has 6 rings (SSSR count). The minimum Gasteiger partial charge on any atom is -0.478 e. The first kappa shape index (κ1) is 29.7. The zero-order valence-electron chi connectivity index (χ0n) is 23.2. The lowest BCUT2D eigenvalue weighted by atomic mass is 9.95. The van der Waals surface area contributed by atoms with E-state index in [1.807, 2.05) is 0 Å². The molecule has 3 aliphatic heterocycles. The number of amidine groups is 1. The number of hydrogen-bond donors (Lipinski definition) is 2. The van der Waals surface area contributed by atoms with Gasteiger partial charge in [-0.15, -0.1) is 11.3 Å². The minimum absolute atomic E-state index is 0.159. The molecule has 1 aromatic heterocycles. The third-order valence-electron chi connectivity index (χ3n) is 7.76. The van der Waals surface area contributed by atoms with E-state index in [9.17, 15) is 23.2 Å². The molecular formula is C29H25ClF2N6O5S. The van der Waals surface area contributed by atoms with E-state index in [-0.39, 0.29) is 41.4 Å². The molecule has 228 valence electrons. The van der Waals surface area contributed by atoms with Gasteiger partial charge in [-0.3, -0.25) is 14.8 Å². The Morgan fingerprint density at radius 1 is 1.18 bits per heavy atom. The van der Waals surface area contributed by atoms with Crippen LogP contribution >= 0.6 is 22.9 Å². The zero-order chi connectivity index (χ0) is 31.1. The van der Waals surface area contributed by atoms with Crippen molar-refractivity contribution < 1.29 is 33.0 Å². The number of rotatable bonds is 7. The van der Waals surface area contributed by atoms with E-state index in [0.29, 0.717) is 41.7 Å². The summed E-state index contributed by atoms with van der Waals surface area (Å²) in [4.78, 5) is 51.9. The Morgan fingerprint density at radius 2 is 2.00 bits per heavy atom. The van der Waals surface area contributed by atoms with Gasteiger partial charge in [0.25, 0.3) is 0 Å². The number of carboxylic acids is 1. The number of carboxylic acid groups (broad SMARTS) is 1. The van der Waals surface area contributed by atoms with Gasteiger partial charge in [-0.25, -0.2) is 28.1 Å². The first-order valence-electron chi connectivity index (χ1n) is 13.5. The monoisotopic (exact) mass is 642 g/mol. The molecule has 2 aromatic carbocycles. The molecular weight excluding hydrogens is 618 g/mol. The second kappa shape index (κ2) is 11.9. The van der Waals surface area contributed by atoms with Gasteiger partial charge in [0.05, 0.1) is 29.3 Å². The Bertz CT molecular complexity index is 1720. The summed E-state index contributed by atoms with van der Waals surface area (Å²) in [5, 5.41) is 14.6. The van der Waals surface area contributed by atoms with Gasteiger partial charge in [0.2, 0.25) is 0 Å². The highest BCUT2D eigenvalue weighted by Gasteiger charge is 2.42. The zero-order valence-corrected chi connectivity index (χ0v) is 24.7. The van der Waals surface area contributed by atoms with Crippen LogP contribution in [0.3, 0.4) is 0 Å². The van der Waals surface area contributed by atoms with Crippen molar-refractivity contribution in [2.45, 2.75) is 12.1 Å². The number of urea groups is 1. The summed E-state index contributed by atoms with van der Waals surface area (Å²) in [6, 6.07) is 6.39. The van der Waals surface area contributed by atoms with Gasteiger partial charge in [0, 0.05) is 61.2 Å². The van der Waals surface area contributed by atoms with Gasteiger partial charge >= 0.3 is 18.0 Å². The van der Waals surface area contributed by atoms with Crippen LogP contribution < -0.4 is 10.2 Å². The van der Waals surface area contributed by atoms with E-state index in [2.05, 4.69) is 15.2 Å². The summed E-state index contributed by atoms with van der Waals surface area (Å²) in [6.07, 6.45) is 1.62. The number of thiazole rings is 1. The molecule has 0 aliphatic carbocycles. The van der Waals surface area contributed by atoms with E-state index < -0.39 is 35.2 Å². The van der Waals surface area contributed by atoms with Crippen molar-refractivity contribution in [3.05, 3.63) is 92.0 Å². The van der Waals surface area contributed by atoms with Crippen molar-refractivity contribution in [3.8, 4) is 0 Å². The van der Waals surface area contributed by atoms with Crippen LogP contribution in [0.1, 0.15) is 27.0 Å². The number of carbonyl (C=O) groups excluding carboxylic acids is 2. The molecule has 44 heavy (non-hydrogen) atoms. The van der Waals surface area contributed by atoms with E-state index in [0.717, 1.165) is 12.1 Å². The average molecular weight is 643 g/mol. The Balaban J connectivity index is 1.29. The minimum atomic E-state index is -1.39. The van der Waals surface area contributed by atoms with Gasteiger partial charge in [-0.2, -0.15) is 0 Å². The molecule has 2 saturated heterocycles. The highest BCUT2D eigenvalue weighted by atomic mass is 35.5. The fraction of sp³-hybridized carbons (Fsp3) is 0.276. The average Bonchev–Trinajstić information content (AvgIpc) is 3.66. The second-order valence-corrected chi connectivity index (χ2v) is 11.6. The first-order chi connectivity index (χ1) is 21.2. The van der Waals surface area contributed by atoms with Crippen molar-refractivity contribution in [1.29, 1.82) is 0 Å². The van der Waals surface area contributed by atoms with Crippen LogP contribution in [0.15, 0.2) is 64.2 Å². The quantitative estimate of drug-likeness (QED) is 0.372. The Kier molecular flexibility index (Phi) is 8.05. The highest BCUT2D eigenvalue weighted by molar-refractivity contribution is 7.11. The molecule has 3 aromatic rings. The van der Waals surface area contributed by atoms with Crippen LogP contribution in [0.2, 0.25) is 5.02 Å². The number of nitrogens with one attached hydrogen (secondary N) is 1. The smallest absolute Gasteiger partial charge is 0.338 e. The van der Waals surface area contributed by atoms with Crippen LogP contribution in [0.25, 0.3) is 0 Å². The van der Waals surface area contributed by atoms with Crippen molar-refractivity contribution >= 4 is 52.4 Å². The number of carbonyl (C=O) groups is 3. The molecule has 0 saturated carbocycles. The number of aliphatic imine (C=N–C) groups is 1. The summed E-state index contributed by atoms with van der Waals surface area (Å²) in [7, 11) is 1.25. The first-order valence-corrected chi connectivity index (χ1v) is 14.7. The number of esters is 1. The van der Waals surface area contributed by atoms with Crippen molar-refractivity contribution in [2.75, 3.05) is 44.7 Å². The van der Waals surface area contributed by atoms with Crippen molar-refractivity contribution in [3.63, 3.8) is 0 Å². The molecule has 0 radical (unpaired) electrons. The van der Waals surface area contributed by atoms with E-state index in [4.69, 9.17) is 26.4 Å². The predicted octanol–water partition coefficient (Wildman–Crippen LogP) is 3.92. The largest absolute Gasteiger partial charge is 0.478 e. The number of anilines is 1. The summed E-state index contributed by atoms with van der Waals surface area (Å²) in [6.45, 7) is 1.73. The van der Waals surface area contributed by atoms with Gasteiger partial charge in [0.1, 0.15) is 17.7 Å². The lowest BCUT2D eigenvalue weighted by Crippen LogP contribution is -2.53. The standard InChI is InChI=1S/C29H25ClF2N6O5S/c1-43-28(41)22-21(34-25(26-33-7-10-44-26)35-24(22)18-3-2-4-19(31)23(18)30)14-36-8-9-37-16(12-36)13-38(29(37)42)15-5-6-17(27(39)40)20(32)11-15/h2-7,10-11,16,24H,8-9,12-14H2,1H3,(H,34,35)(H,39,40)/t16-,24-/m0/s1. The van der Waals surface area contributed by atoms with Crippen molar-refractivity contribution in [1.82, 2.24) is 20.1 Å². The number of ether oxygens (including phenoxy) is 1. The molecule has 2 fully saturated rings. The third-order valence-corrected chi connectivity index (χ3v) is 8.93. The number of piperazine rings is 1. The summed E-state index contributed by atoms with van der Waals surface area (Å²) in [5.41, 5.74) is 0.729. The second-order valence-electron chi connectivity index (χ2n) is 10.3.